The van der Waals surface area contributed by atoms with E-state index in [9.17, 15) is 9.90 Å². The molecule has 1 aromatic carbocycles. The van der Waals surface area contributed by atoms with Crippen molar-refractivity contribution in [3.8, 4) is 17.1 Å². The van der Waals surface area contributed by atoms with Crippen molar-refractivity contribution in [1.29, 1.82) is 0 Å². The molecule has 0 saturated carbocycles. The predicted octanol–water partition coefficient (Wildman–Crippen LogP) is 4.78. The summed E-state index contributed by atoms with van der Waals surface area (Å²) in [6.07, 6.45) is 1.60. The van der Waals surface area contributed by atoms with E-state index in [-0.39, 0.29) is 5.56 Å². The highest BCUT2D eigenvalue weighted by molar-refractivity contribution is 7.08. The molecule has 2 N–H and O–H groups in total. The van der Waals surface area contributed by atoms with Crippen molar-refractivity contribution in [2.75, 3.05) is 12.4 Å². The predicted molar refractivity (Wildman–Crippen MR) is 107 cm³/mol. The van der Waals surface area contributed by atoms with Crippen LogP contribution in [-0.4, -0.2) is 28.2 Å². The fraction of sp³-hybridized carbons (Fsp3) is 0.250. The number of aryl methyl sites for hydroxylation is 1. The molecule has 6 nitrogen and oxygen atoms in total. The second-order valence-electron chi connectivity index (χ2n) is 5.89. The maximum Gasteiger partial charge on any atom is 0.339 e. The summed E-state index contributed by atoms with van der Waals surface area (Å²) in [4.78, 5) is 20.8. The summed E-state index contributed by atoms with van der Waals surface area (Å²) in [5.41, 5.74) is 3.88. The van der Waals surface area contributed by atoms with Crippen molar-refractivity contribution in [2.45, 2.75) is 26.7 Å². The van der Waals surface area contributed by atoms with Crippen LogP contribution >= 0.6 is 11.3 Å². The number of thiophene rings is 1. The minimum Gasteiger partial charge on any atom is -0.496 e. The molecule has 0 atom stereocenters. The van der Waals surface area contributed by atoms with Gasteiger partial charge < -0.3 is 15.2 Å². The molecular weight excluding hydrogens is 362 g/mol. The fourth-order valence-electron chi connectivity index (χ4n) is 2.90. The van der Waals surface area contributed by atoms with Gasteiger partial charge in [-0.3, -0.25) is 0 Å². The first-order chi connectivity index (χ1) is 13.1. The van der Waals surface area contributed by atoms with Gasteiger partial charge in [-0.25, -0.2) is 14.8 Å². The van der Waals surface area contributed by atoms with Gasteiger partial charge in [-0.05, 0) is 36.4 Å². The summed E-state index contributed by atoms with van der Waals surface area (Å²) in [6.45, 7) is 4.15. The van der Waals surface area contributed by atoms with Crippen LogP contribution in [0.25, 0.3) is 11.4 Å². The molecule has 2 heterocycles. The summed E-state index contributed by atoms with van der Waals surface area (Å²) < 4.78 is 5.22. The molecule has 0 bridgehead atoms. The number of nitrogens with one attached hydrogen (secondary N) is 1. The molecule has 0 spiro atoms. The molecule has 0 fully saturated rings. The SMILES string of the molecule is CCc1nc(-c2ccsc2)nc(Nc2ccc(C(=O)O)c(OC)c2)c1CC. The third kappa shape index (κ3) is 3.93. The van der Waals surface area contributed by atoms with Gasteiger partial charge in [0.25, 0.3) is 0 Å². The Labute approximate surface area is 161 Å². The molecule has 2 aromatic heterocycles. The first-order valence-corrected chi connectivity index (χ1v) is 9.62. The average Bonchev–Trinajstić information content (AvgIpc) is 3.21. The maximum atomic E-state index is 11.3. The highest BCUT2D eigenvalue weighted by atomic mass is 32.1. The van der Waals surface area contributed by atoms with Crippen LogP contribution in [0.3, 0.4) is 0 Å². The van der Waals surface area contributed by atoms with Crippen LogP contribution in [0.5, 0.6) is 5.75 Å². The standard InChI is InChI=1S/C20H21N3O3S/c1-4-14-16(5-2)22-18(12-8-9-27-11-12)23-19(14)21-13-6-7-15(20(24)25)17(10-13)26-3/h6-11H,4-5H2,1-3H3,(H,24,25)(H,21,22,23). The highest BCUT2D eigenvalue weighted by Crippen LogP contribution is 2.29. The Morgan fingerprint density at radius 2 is 2.04 bits per heavy atom. The van der Waals surface area contributed by atoms with Gasteiger partial charge in [-0.2, -0.15) is 11.3 Å². The summed E-state index contributed by atoms with van der Waals surface area (Å²) in [7, 11) is 1.46. The number of anilines is 2. The Morgan fingerprint density at radius 3 is 2.63 bits per heavy atom. The second kappa shape index (κ2) is 8.18. The van der Waals surface area contributed by atoms with Crippen molar-refractivity contribution < 1.29 is 14.6 Å². The largest absolute Gasteiger partial charge is 0.496 e. The zero-order valence-electron chi connectivity index (χ0n) is 15.4. The van der Waals surface area contributed by atoms with E-state index in [1.54, 1.807) is 23.5 Å². The minimum absolute atomic E-state index is 0.120. The van der Waals surface area contributed by atoms with E-state index in [0.29, 0.717) is 17.3 Å². The Balaban J connectivity index is 2.05. The number of rotatable bonds is 7. The van der Waals surface area contributed by atoms with E-state index in [1.165, 1.54) is 13.2 Å². The van der Waals surface area contributed by atoms with Crippen LogP contribution in [0.1, 0.15) is 35.5 Å². The van der Waals surface area contributed by atoms with Crippen LogP contribution < -0.4 is 10.1 Å². The number of benzene rings is 1. The minimum atomic E-state index is -1.03. The van der Waals surface area contributed by atoms with Crippen molar-refractivity contribution >= 4 is 28.8 Å². The normalized spacial score (nSPS) is 10.6. The number of aromatic carboxylic acids is 1. The lowest BCUT2D eigenvalue weighted by Gasteiger charge is -2.16. The number of methoxy groups -OCH3 is 1. The lowest BCUT2D eigenvalue weighted by atomic mass is 10.1. The van der Waals surface area contributed by atoms with Crippen LogP contribution in [0, 0.1) is 0 Å². The molecule has 7 heteroatoms. The quantitative estimate of drug-likeness (QED) is 0.611. The summed E-state index contributed by atoms with van der Waals surface area (Å²) in [5.74, 6) is 0.689. The van der Waals surface area contributed by atoms with E-state index >= 15 is 0 Å². The fourth-order valence-corrected chi connectivity index (χ4v) is 3.54. The lowest BCUT2D eigenvalue weighted by Crippen LogP contribution is -2.07. The third-order valence-electron chi connectivity index (χ3n) is 4.26. The smallest absolute Gasteiger partial charge is 0.339 e. The van der Waals surface area contributed by atoms with Crippen molar-refractivity contribution in [1.82, 2.24) is 9.97 Å². The Bertz CT molecular complexity index is 955. The van der Waals surface area contributed by atoms with Gasteiger partial charge in [-0.15, -0.1) is 0 Å². The second-order valence-corrected chi connectivity index (χ2v) is 6.67. The van der Waals surface area contributed by atoms with E-state index in [4.69, 9.17) is 14.7 Å². The van der Waals surface area contributed by atoms with Crippen LogP contribution in [0.15, 0.2) is 35.0 Å². The monoisotopic (exact) mass is 383 g/mol. The number of hydrogen-bond donors (Lipinski definition) is 2. The molecule has 0 saturated heterocycles. The molecular formula is C20H21N3O3S. The van der Waals surface area contributed by atoms with Gasteiger partial charge in [0, 0.05) is 34.0 Å². The van der Waals surface area contributed by atoms with E-state index < -0.39 is 5.97 Å². The first-order valence-electron chi connectivity index (χ1n) is 8.68. The molecule has 27 heavy (non-hydrogen) atoms. The summed E-state index contributed by atoms with van der Waals surface area (Å²) in [5, 5.41) is 16.6. The first kappa shape index (κ1) is 18.8. The number of aromatic nitrogens is 2. The van der Waals surface area contributed by atoms with Gasteiger partial charge in [0.2, 0.25) is 0 Å². The van der Waals surface area contributed by atoms with Crippen LogP contribution in [0.2, 0.25) is 0 Å². The summed E-state index contributed by atoms with van der Waals surface area (Å²) >= 11 is 1.60. The average molecular weight is 383 g/mol. The number of carbonyl (C=O) groups is 1. The van der Waals surface area contributed by atoms with Crippen LogP contribution in [-0.2, 0) is 12.8 Å². The Hall–Kier alpha value is -2.93. The van der Waals surface area contributed by atoms with Crippen LogP contribution in [0.4, 0.5) is 11.5 Å². The Kier molecular flexibility index (Phi) is 5.71. The van der Waals surface area contributed by atoms with Crippen molar-refractivity contribution in [2.24, 2.45) is 0 Å². The van der Waals surface area contributed by atoms with E-state index in [1.807, 2.05) is 16.8 Å². The number of carboxylic acids is 1. The topological polar surface area (TPSA) is 84.3 Å². The maximum absolute atomic E-state index is 11.3. The van der Waals surface area contributed by atoms with Gasteiger partial charge >= 0.3 is 5.97 Å². The highest BCUT2D eigenvalue weighted by Gasteiger charge is 2.16. The summed E-state index contributed by atoms with van der Waals surface area (Å²) in [6, 6.07) is 6.90. The number of nitrogens with zero attached hydrogens (tertiary/aromatic N) is 2. The molecule has 0 unspecified atom stereocenters. The molecule has 0 aliphatic rings. The van der Waals surface area contributed by atoms with Crippen molar-refractivity contribution in [3.63, 3.8) is 0 Å². The molecule has 3 aromatic rings. The van der Waals surface area contributed by atoms with Gasteiger partial charge in [-0.1, -0.05) is 13.8 Å². The van der Waals surface area contributed by atoms with E-state index in [2.05, 4.69) is 19.2 Å². The molecule has 0 aliphatic heterocycles. The number of carboxylic acid groups (broad SMARTS) is 1. The number of ether oxygens (including phenoxy) is 1. The molecule has 0 amide bonds. The van der Waals surface area contributed by atoms with Gasteiger partial charge in [0.1, 0.15) is 17.1 Å². The molecule has 0 aliphatic carbocycles. The molecule has 0 radical (unpaired) electrons. The molecule has 3 rings (SSSR count). The van der Waals surface area contributed by atoms with E-state index in [0.717, 1.165) is 35.5 Å². The lowest BCUT2D eigenvalue weighted by molar-refractivity contribution is 0.0693. The van der Waals surface area contributed by atoms with Gasteiger partial charge in [0.15, 0.2) is 5.82 Å². The third-order valence-corrected chi connectivity index (χ3v) is 4.94. The number of hydrogen-bond acceptors (Lipinski definition) is 6. The zero-order valence-corrected chi connectivity index (χ0v) is 16.3. The van der Waals surface area contributed by atoms with Gasteiger partial charge in [0.05, 0.1) is 7.11 Å². The zero-order chi connectivity index (χ0) is 19.4. The molecule has 140 valence electrons. The van der Waals surface area contributed by atoms with Crippen molar-refractivity contribution in [3.05, 3.63) is 51.8 Å². The Morgan fingerprint density at radius 1 is 1.22 bits per heavy atom.